The van der Waals surface area contributed by atoms with Gasteiger partial charge in [-0.2, -0.15) is 0 Å². The summed E-state index contributed by atoms with van der Waals surface area (Å²) in [5.74, 6) is 0. The maximum atomic E-state index is 11.4. The molecule has 8 nitrogen and oxygen atoms in total. The largest absolute Gasteiger partial charge is 0.405 e. The Hall–Kier alpha value is -3.79. The van der Waals surface area contributed by atoms with Crippen molar-refractivity contribution in [3.05, 3.63) is 143 Å². The van der Waals surface area contributed by atoms with Gasteiger partial charge < -0.3 is 24.1 Å². The molecule has 0 bridgehead atoms. The van der Waals surface area contributed by atoms with Gasteiger partial charge >= 0.3 is 0 Å². The Bertz CT molecular complexity index is 1430. The summed E-state index contributed by atoms with van der Waals surface area (Å²) >= 11 is 0. The van der Waals surface area contributed by atoms with Crippen molar-refractivity contribution >= 4 is 18.7 Å². The Morgan fingerprint density at radius 3 is 1.64 bits per heavy atom. The summed E-state index contributed by atoms with van der Waals surface area (Å²) in [5, 5.41) is 28.2. The van der Waals surface area contributed by atoms with Gasteiger partial charge in [-0.15, -0.1) is 0 Å². The topological polar surface area (TPSA) is 117 Å². The van der Waals surface area contributed by atoms with Crippen molar-refractivity contribution in [2.24, 2.45) is 5.11 Å². The van der Waals surface area contributed by atoms with Crippen LogP contribution in [0.5, 0.6) is 0 Å². The van der Waals surface area contributed by atoms with E-state index in [-0.39, 0.29) is 31.5 Å². The van der Waals surface area contributed by atoms with E-state index in [4.69, 9.17) is 13.9 Å². The lowest BCUT2D eigenvalue weighted by Crippen LogP contribution is -2.67. The number of nitrogens with zero attached hydrogens (tertiary/aromatic N) is 3. The van der Waals surface area contributed by atoms with Gasteiger partial charge in [0.2, 0.25) is 0 Å². The van der Waals surface area contributed by atoms with Gasteiger partial charge in [0.1, 0.15) is 6.10 Å². The van der Waals surface area contributed by atoms with Crippen molar-refractivity contribution < 1.29 is 24.1 Å². The summed E-state index contributed by atoms with van der Waals surface area (Å²) in [6.45, 7) is 6.83. The van der Waals surface area contributed by atoms with Crippen LogP contribution in [0.4, 0.5) is 0 Å². The Balaban J connectivity index is 1.65. The van der Waals surface area contributed by atoms with Crippen LogP contribution >= 0.6 is 0 Å². The van der Waals surface area contributed by atoms with Gasteiger partial charge in [0.25, 0.3) is 8.32 Å². The molecule has 9 heteroatoms. The highest BCUT2D eigenvalue weighted by molar-refractivity contribution is 6.99. The fourth-order valence-electron chi connectivity index (χ4n) is 5.61. The first-order chi connectivity index (χ1) is 21.8. The van der Waals surface area contributed by atoms with Crippen molar-refractivity contribution in [2.75, 3.05) is 13.2 Å². The standard InChI is InChI=1S/C36H43N3O5Si/c1-36(2,3)45(30-20-12-6-13-21-30,31-22-14-7-15-23-31)44-27-33(43-25-29-18-10-5-11-19-29)34(38-39-37)35(41)32(40)26-42-24-28-16-8-4-9-17-28/h4-23,32-35,40-41H,24-27H2,1-3H3/t32-,33-,34+,35-/m1/s1. The molecular weight excluding hydrogens is 582 g/mol. The van der Waals surface area contributed by atoms with Crippen molar-refractivity contribution in [2.45, 2.75) is 63.4 Å². The molecule has 4 atom stereocenters. The minimum Gasteiger partial charge on any atom is -0.405 e. The molecule has 0 heterocycles. The molecule has 236 valence electrons. The van der Waals surface area contributed by atoms with Crippen LogP contribution < -0.4 is 10.4 Å². The summed E-state index contributed by atoms with van der Waals surface area (Å²) in [6.07, 6.45) is -3.69. The van der Waals surface area contributed by atoms with Crippen LogP contribution in [-0.2, 0) is 27.1 Å². The molecule has 45 heavy (non-hydrogen) atoms. The maximum absolute atomic E-state index is 11.4. The van der Waals surface area contributed by atoms with E-state index in [0.717, 1.165) is 21.5 Å². The average molecular weight is 626 g/mol. The monoisotopic (exact) mass is 625 g/mol. The van der Waals surface area contributed by atoms with Gasteiger partial charge in [0.15, 0.2) is 0 Å². The van der Waals surface area contributed by atoms with Crippen LogP contribution in [0.25, 0.3) is 10.4 Å². The van der Waals surface area contributed by atoms with Crippen molar-refractivity contribution in [3.63, 3.8) is 0 Å². The van der Waals surface area contributed by atoms with E-state index in [0.29, 0.717) is 0 Å². The van der Waals surface area contributed by atoms with Crippen LogP contribution in [0, 0.1) is 0 Å². The first kappa shape index (κ1) is 34.1. The van der Waals surface area contributed by atoms with Gasteiger partial charge in [-0.05, 0) is 32.1 Å². The summed E-state index contributed by atoms with van der Waals surface area (Å²) in [7, 11) is -2.99. The van der Waals surface area contributed by atoms with E-state index in [1.165, 1.54) is 0 Å². The summed E-state index contributed by atoms with van der Waals surface area (Å²) in [6, 6.07) is 38.4. The Morgan fingerprint density at radius 2 is 1.18 bits per heavy atom. The van der Waals surface area contributed by atoms with Crippen molar-refractivity contribution in [3.8, 4) is 0 Å². The van der Waals surface area contributed by atoms with Gasteiger partial charge in [0, 0.05) is 4.91 Å². The van der Waals surface area contributed by atoms with Crippen molar-refractivity contribution in [1.82, 2.24) is 0 Å². The first-order valence-electron chi connectivity index (χ1n) is 15.2. The molecular formula is C36H43N3O5Si. The Morgan fingerprint density at radius 1 is 0.711 bits per heavy atom. The highest BCUT2D eigenvalue weighted by Gasteiger charge is 2.51. The van der Waals surface area contributed by atoms with Gasteiger partial charge in [-0.25, -0.2) is 0 Å². The molecule has 0 spiro atoms. The molecule has 0 aliphatic rings. The molecule has 0 unspecified atom stereocenters. The zero-order valence-electron chi connectivity index (χ0n) is 26.1. The lowest BCUT2D eigenvalue weighted by Gasteiger charge is -2.44. The minimum atomic E-state index is -2.99. The van der Waals surface area contributed by atoms with Crippen LogP contribution in [0.3, 0.4) is 0 Å². The fourth-order valence-corrected chi connectivity index (χ4v) is 10.2. The third-order valence-corrected chi connectivity index (χ3v) is 12.9. The normalized spacial score (nSPS) is 14.6. The molecule has 4 aromatic rings. The smallest absolute Gasteiger partial charge is 0.261 e. The second-order valence-electron chi connectivity index (χ2n) is 12.1. The predicted octanol–water partition coefficient (Wildman–Crippen LogP) is 5.77. The first-order valence-corrected chi connectivity index (χ1v) is 17.1. The van der Waals surface area contributed by atoms with Crippen LogP contribution in [0.15, 0.2) is 126 Å². The number of ether oxygens (including phenoxy) is 2. The Labute approximate surface area is 267 Å². The molecule has 2 N–H and O–H groups in total. The molecule has 4 rings (SSSR count). The Kier molecular flexibility index (Phi) is 12.5. The lowest BCUT2D eigenvalue weighted by atomic mass is 10.0. The third kappa shape index (κ3) is 8.90. The maximum Gasteiger partial charge on any atom is 0.261 e. The van der Waals surface area contributed by atoms with E-state index in [1.54, 1.807) is 0 Å². The molecule has 4 aromatic carbocycles. The van der Waals surface area contributed by atoms with Gasteiger partial charge in [-0.3, -0.25) is 0 Å². The molecule has 0 saturated heterocycles. The summed E-state index contributed by atoms with van der Waals surface area (Å²) < 4.78 is 19.2. The van der Waals surface area contributed by atoms with E-state index in [9.17, 15) is 15.7 Å². The highest BCUT2D eigenvalue weighted by atomic mass is 28.4. The lowest BCUT2D eigenvalue weighted by molar-refractivity contribution is -0.0891. The molecule has 0 aliphatic heterocycles. The molecule has 0 amide bonds. The SMILES string of the molecule is CC(C)(C)[Si](OC[C@@H](OCc1ccccc1)[C@H](N=[N+]=[N-])[C@H](O)[C@H](O)COCc1ccccc1)(c1ccccc1)c1ccccc1. The molecule has 0 radical (unpaired) electrons. The molecule has 0 saturated carbocycles. The van der Waals surface area contributed by atoms with Crippen LogP contribution in [-0.4, -0.2) is 56.1 Å². The van der Waals surface area contributed by atoms with E-state index in [1.807, 2.05) is 97.1 Å². The summed E-state index contributed by atoms with van der Waals surface area (Å²) in [4.78, 5) is 3.04. The second-order valence-corrected chi connectivity index (χ2v) is 16.4. The average Bonchev–Trinajstić information content (AvgIpc) is 3.06. The summed E-state index contributed by atoms with van der Waals surface area (Å²) in [5.41, 5.74) is 11.4. The van der Waals surface area contributed by atoms with E-state index in [2.05, 4.69) is 55.1 Å². The number of hydrogen-bond donors (Lipinski definition) is 2. The molecule has 0 aliphatic carbocycles. The highest BCUT2D eigenvalue weighted by Crippen LogP contribution is 2.37. The number of aliphatic hydroxyl groups is 2. The predicted molar refractivity (Wildman–Crippen MR) is 180 cm³/mol. The number of hydrogen-bond acceptors (Lipinski definition) is 6. The molecule has 0 fully saturated rings. The number of rotatable bonds is 16. The van der Waals surface area contributed by atoms with Crippen LogP contribution in [0.1, 0.15) is 31.9 Å². The fraction of sp³-hybridized carbons (Fsp3) is 0.333. The third-order valence-electron chi connectivity index (χ3n) is 7.90. The van der Waals surface area contributed by atoms with Crippen LogP contribution in [0.2, 0.25) is 5.04 Å². The zero-order chi connectivity index (χ0) is 32.1. The molecule has 0 aromatic heterocycles. The van der Waals surface area contributed by atoms with Crippen molar-refractivity contribution in [1.29, 1.82) is 0 Å². The van der Waals surface area contributed by atoms with E-state index >= 15 is 0 Å². The van der Waals surface area contributed by atoms with Gasteiger partial charge in [0.05, 0.1) is 44.7 Å². The number of aliphatic hydroxyl groups excluding tert-OH is 2. The number of azide groups is 1. The quantitative estimate of drug-likeness (QED) is 0.0710. The number of benzene rings is 4. The minimum absolute atomic E-state index is 0.0124. The zero-order valence-corrected chi connectivity index (χ0v) is 27.1. The second kappa shape index (κ2) is 16.5. The van der Waals surface area contributed by atoms with E-state index < -0.39 is 32.7 Å². The van der Waals surface area contributed by atoms with Gasteiger partial charge in [-0.1, -0.05) is 147 Å².